The quantitative estimate of drug-likeness (QED) is 0.414. The van der Waals surface area contributed by atoms with Crippen molar-refractivity contribution in [3.05, 3.63) is 58.6 Å². The number of halogens is 6. The molecule has 2 fully saturated rings. The van der Waals surface area contributed by atoms with Crippen LogP contribution in [0.15, 0.2) is 36.7 Å². The smallest absolute Gasteiger partial charge is 0.355 e. The SMILES string of the molecule is NC1CCN(c2ccc3c(C(=O)NCC(c4cnc(C(F)(F)F)nc4)N4CCC(F)(F)CC4)c(Cl)ccc3n2)C1. The molecule has 0 bridgehead atoms. The van der Waals surface area contributed by atoms with Gasteiger partial charge in [0, 0.05) is 75.0 Å². The van der Waals surface area contributed by atoms with Gasteiger partial charge in [0.1, 0.15) is 5.82 Å². The van der Waals surface area contributed by atoms with Crippen molar-refractivity contribution in [3.8, 4) is 0 Å². The highest BCUT2D eigenvalue weighted by Crippen LogP contribution is 2.33. The Kier molecular flexibility index (Phi) is 7.81. The van der Waals surface area contributed by atoms with Crippen LogP contribution in [0.3, 0.4) is 0 Å². The molecule has 1 aromatic carbocycles. The molecule has 3 aromatic rings. The second-order valence-corrected chi connectivity index (χ2v) is 10.5. The number of likely N-dealkylation sites (tertiary alicyclic amines) is 1. The number of anilines is 1. The first kappa shape index (κ1) is 28.4. The number of nitrogens with zero attached hydrogens (tertiary/aromatic N) is 5. The number of hydrogen-bond acceptors (Lipinski definition) is 7. The molecule has 40 heavy (non-hydrogen) atoms. The maximum absolute atomic E-state index is 13.8. The summed E-state index contributed by atoms with van der Waals surface area (Å²) in [7, 11) is 0. The van der Waals surface area contributed by atoms with E-state index in [9.17, 15) is 26.7 Å². The van der Waals surface area contributed by atoms with Crippen molar-refractivity contribution in [3.63, 3.8) is 0 Å². The summed E-state index contributed by atoms with van der Waals surface area (Å²) in [5, 5.41) is 3.49. The van der Waals surface area contributed by atoms with Crippen molar-refractivity contribution in [2.24, 2.45) is 5.73 Å². The molecule has 2 aliphatic heterocycles. The second kappa shape index (κ2) is 11.0. The van der Waals surface area contributed by atoms with Crippen molar-refractivity contribution in [2.75, 3.05) is 37.6 Å². The Hall–Kier alpha value is -3.16. The summed E-state index contributed by atoms with van der Waals surface area (Å²) in [6.45, 7) is 1.32. The number of nitrogens with two attached hydrogens (primary N) is 1. The standard InChI is InChI=1S/C26H27ClF5N7O/c27-18-2-3-19-17(1-4-21(37-19)39-8-5-16(33)14-39)22(18)23(40)34-13-20(38-9-6-25(28,29)7-10-38)15-11-35-24(36-12-15)26(30,31)32/h1-4,11-12,16,20H,5-10,13-14,33H2,(H,34,40). The Morgan fingerprint density at radius 2 is 1.82 bits per heavy atom. The Labute approximate surface area is 231 Å². The summed E-state index contributed by atoms with van der Waals surface area (Å²) in [6, 6.07) is 6.17. The van der Waals surface area contributed by atoms with Crippen LogP contribution in [-0.2, 0) is 6.18 Å². The van der Waals surface area contributed by atoms with E-state index in [1.54, 1.807) is 29.2 Å². The van der Waals surface area contributed by atoms with Crippen LogP contribution in [0.25, 0.3) is 10.9 Å². The van der Waals surface area contributed by atoms with Gasteiger partial charge in [-0.15, -0.1) is 0 Å². The number of alkyl halides is 5. The number of fused-ring (bicyclic) bond motifs is 1. The van der Waals surface area contributed by atoms with Crippen LogP contribution >= 0.6 is 11.6 Å². The lowest BCUT2D eigenvalue weighted by atomic mass is 10.0. The highest BCUT2D eigenvalue weighted by molar-refractivity contribution is 6.35. The zero-order valence-corrected chi connectivity index (χ0v) is 22.0. The highest BCUT2D eigenvalue weighted by atomic mass is 35.5. The third kappa shape index (κ3) is 6.11. The number of carbonyl (C=O) groups is 1. The first-order valence-corrected chi connectivity index (χ1v) is 13.2. The average molecular weight is 584 g/mol. The molecule has 2 atom stereocenters. The van der Waals surface area contributed by atoms with Gasteiger partial charge in [-0.05, 0) is 30.7 Å². The lowest BCUT2D eigenvalue weighted by molar-refractivity contribution is -0.145. The number of pyridine rings is 1. The number of hydrogen-bond donors (Lipinski definition) is 2. The van der Waals surface area contributed by atoms with Crippen LogP contribution in [0.1, 0.15) is 47.1 Å². The number of benzene rings is 1. The first-order chi connectivity index (χ1) is 18.9. The van der Waals surface area contributed by atoms with Gasteiger partial charge in [-0.3, -0.25) is 9.69 Å². The Morgan fingerprint density at radius 1 is 1.12 bits per heavy atom. The van der Waals surface area contributed by atoms with Crippen LogP contribution < -0.4 is 16.0 Å². The predicted octanol–water partition coefficient (Wildman–Crippen LogP) is 4.44. The minimum absolute atomic E-state index is 0.0174. The van der Waals surface area contributed by atoms with E-state index in [1.165, 1.54) is 0 Å². The van der Waals surface area contributed by atoms with Crippen LogP contribution in [0.4, 0.5) is 27.8 Å². The van der Waals surface area contributed by atoms with Gasteiger partial charge < -0.3 is 16.0 Å². The zero-order chi connectivity index (χ0) is 28.7. The molecule has 4 heterocycles. The zero-order valence-electron chi connectivity index (χ0n) is 21.3. The first-order valence-electron chi connectivity index (χ1n) is 12.8. The number of rotatable bonds is 6. The second-order valence-electron chi connectivity index (χ2n) is 10.1. The third-order valence-electron chi connectivity index (χ3n) is 7.32. The fourth-order valence-electron chi connectivity index (χ4n) is 5.12. The van der Waals surface area contributed by atoms with Gasteiger partial charge >= 0.3 is 6.18 Å². The molecule has 2 saturated heterocycles. The molecule has 0 saturated carbocycles. The van der Waals surface area contributed by atoms with Crippen molar-refractivity contribution in [1.29, 1.82) is 0 Å². The molecule has 2 aromatic heterocycles. The maximum Gasteiger partial charge on any atom is 0.451 e. The summed E-state index contributed by atoms with van der Waals surface area (Å²) < 4.78 is 66.6. The summed E-state index contributed by atoms with van der Waals surface area (Å²) >= 11 is 6.42. The molecule has 0 radical (unpaired) electrons. The monoisotopic (exact) mass is 583 g/mol. The minimum Gasteiger partial charge on any atom is -0.355 e. The molecule has 14 heteroatoms. The van der Waals surface area contributed by atoms with E-state index >= 15 is 0 Å². The van der Waals surface area contributed by atoms with Crippen LogP contribution in [0, 0.1) is 0 Å². The number of nitrogens with one attached hydrogen (secondary N) is 1. The van der Waals surface area contributed by atoms with E-state index < -0.39 is 42.7 Å². The summed E-state index contributed by atoms with van der Waals surface area (Å²) in [4.78, 5) is 28.7. The molecule has 214 valence electrons. The van der Waals surface area contributed by atoms with Crippen LogP contribution in [-0.4, -0.2) is 70.4 Å². The number of carbonyl (C=O) groups excluding carboxylic acids is 1. The third-order valence-corrected chi connectivity index (χ3v) is 7.63. The van der Waals surface area contributed by atoms with Gasteiger partial charge in [0.05, 0.1) is 22.1 Å². The number of amides is 1. The van der Waals surface area contributed by atoms with Crippen molar-refractivity contribution in [1.82, 2.24) is 25.2 Å². The van der Waals surface area contributed by atoms with E-state index in [1.807, 2.05) is 0 Å². The molecule has 8 nitrogen and oxygen atoms in total. The van der Waals surface area contributed by atoms with Gasteiger partial charge in [0.15, 0.2) is 0 Å². The molecule has 0 spiro atoms. The molecule has 1 amide bonds. The number of piperidine rings is 1. The normalized spacial score (nSPS) is 20.6. The predicted molar refractivity (Wildman–Crippen MR) is 139 cm³/mol. The summed E-state index contributed by atoms with van der Waals surface area (Å²) in [5.74, 6) is -3.94. The molecular weight excluding hydrogens is 557 g/mol. The Balaban J connectivity index is 1.38. The fourth-order valence-corrected chi connectivity index (χ4v) is 5.37. The van der Waals surface area contributed by atoms with Gasteiger partial charge in [-0.1, -0.05) is 11.6 Å². The molecule has 5 rings (SSSR count). The van der Waals surface area contributed by atoms with Gasteiger partial charge in [0.2, 0.25) is 5.82 Å². The summed E-state index contributed by atoms with van der Waals surface area (Å²) in [5.41, 5.74) is 7.01. The average Bonchev–Trinajstić information content (AvgIpc) is 3.35. The van der Waals surface area contributed by atoms with E-state index in [0.717, 1.165) is 31.2 Å². The minimum atomic E-state index is -4.73. The lowest BCUT2D eigenvalue weighted by Crippen LogP contribution is -2.45. The lowest BCUT2D eigenvalue weighted by Gasteiger charge is -2.37. The van der Waals surface area contributed by atoms with Crippen molar-refractivity contribution < 1.29 is 26.7 Å². The fraction of sp³-hybridized carbons (Fsp3) is 0.462. The van der Waals surface area contributed by atoms with Crippen molar-refractivity contribution >= 4 is 34.2 Å². The van der Waals surface area contributed by atoms with Gasteiger partial charge in [-0.2, -0.15) is 13.2 Å². The molecule has 0 aliphatic carbocycles. The van der Waals surface area contributed by atoms with Gasteiger partial charge in [-0.25, -0.2) is 23.7 Å². The van der Waals surface area contributed by atoms with E-state index in [-0.39, 0.29) is 41.8 Å². The molecule has 2 aliphatic rings. The largest absolute Gasteiger partial charge is 0.451 e. The summed E-state index contributed by atoms with van der Waals surface area (Å²) in [6.07, 6.45) is -2.67. The van der Waals surface area contributed by atoms with E-state index in [0.29, 0.717) is 17.4 Å². The van der Waals surface area contributed by atoms with Crippen LogP contribution in [0.2, 0.25) is 5.02 Å². The molecule has 2 unspecified atom stereocenters. The molecular formula is C26H27ClF5N7O. The van der Waals surface area contributed by atoms with E-state index in [4.69, 9.17) is 17.3 Å². The van der Waals surface area contributed by atoms with Crippen LogP contribution in [0.5, 0.6) is 0 Å². The highest BCUT2D eigenvalue weighted by Gasteiger charge is 2.38. The Bertz CT molecular complexity index is 1380. The van der Waals surface area contributed by atoms with Crippen molar-refractivity contribution in [2.45, 2.75) is 43.4 Å². The maximum atomic E-state index is 13.8. The topological polar surface area (TPSA) is 100 Å². The number of aromatic nitrogens is 3. The molecule has 3 N–H and O–H groups in total. The van der Waals surface area contributed by atoms with Gasteiger partial charge in [0.25, 0.3) is 11.8 Å². The Morgan fingerprint density at radius 3 is 2.45 bits per heavy atom. The van der Waals surface area contributed by atoms with E-state index in [2.05, 4.69) is 25.2 Å².